The molecular weight excluding hydrogens is 264 g/mol. The normalized spacial score (nSPS) is 10.9. The second kappa shape index (κ2) is 9.26. The second-order valence-corrected chi connectivity index (χ2v) is 4.97. The molecule has 2 aromatic rings. The van der Waals surface area contributed by atoms with Gasteiger partial charge in [-0.2, -0.15) is 5.10 Å². The van der Waals surface area contributed by atoms with Crippen molar-refractivity contribution in [3.8, 4) is 0 Å². The van der Waals surface area contributed by atoms with Gasteiger partial charge >= 0.3 is 0 Å². The lowest BCUT2D eigenvalue weighted by Crippen LogP contribution is -2.16. The van der Waals surface area contributed by atoms with Crippen LogP contribution in [0.4, 0.5) is 0 Å². The molecule has 1 N–H and O–H groups in total. The first-order chi connectivity index (χ1) is 10.4. The van der Waals surface area contributed by atoms with Gasteiger partial charge in [0.1, 0.15) is 12.9 Å². The SMILES string of the molecule is CCCn1ncnc1COCCCNCc1ccccc1. The third kappa shape index (κ3) is 5.65. The van der Waals surface area contributed by atoms with E-state index in [1.807, 2.05) is 10.7 Å². The summed E-state index contributed by atoms with van der Waals surface area (Å²) < 4.78 is 7.56. The van der Waals surface area contributed by atoms with Crippen molar-refractivity contribution in [2.75, 3.05) is 13.2 Å². The molecule has 0 aliphatic rings. The number of nitrogens with one attached hydrogen (secondary N) is 1. The lowest BCUT2D eigenvalue weighted by molar-refractivity contribution is 0.110. The Labute approximate surface area is 126 Å². The molecule has 1 heterocycles. The van der Waals surface area contributed by atoms with E-state index >= 15 is 0 Å². The number of benzene rings is 1. The van der Waals surface area contributed by atoms with E-state index in [-0.39, 0.29) is 0 Å². The number of hydrogen-bond donors (Lipinski definition) is 1. The number of aryl methyl sites for hydroxylation is 1. The summed E-state index contributed by atoms with van der Waals surface area (Å²) >= 11 is 0. The van der Waals surface area contributed by atoms with E-state index in [1.54, 1.807) is 6.33 Å². The molecule has 114 valence electrons. The molecule has 0 radical (unpaired) electrons. The highest BCUT2D eigenvalue weighted by Gasteiger charge is 2.02. The van der Waals surface area contributed by atoms with Crippen molar-refractivity contribution < 1.29 is 4.74 Å². The van der Waals surface area contributed by atoms with Crippen LogP contribution in [-0.4, -0.2) is 27.9 Å². The van der Waals surface area contributed by atoms with Crippen LogP contribution in [0.15, 0.2) is 36.7 Å². The maximum atomic E-state index is 5.65. The summed E-state index contributed by atoms with van der Waals surface area (Å²) in [5.74, 6) is 0.911. The minimum Gasteiger partial charge on any atom is -0.373 e. The Kier molecular flexibility index (Phi) is 6.91. The zero-order chi connectivity index (χ0) is 14.8. The van der Waals surface area contributed by atoms with Gasteiger partial charge < -0.3 is 10.1 Å². The summed E-state index contributed by atoms with van der Waals surface area (Å²) in [7, 11) is 0. The Morgan fingerprint density at radius 3 is 2.90 bits per heavy atom. The van der Waals surface area contributed by atoms with E-state index in [9.17, 15) is 0 Å². The molecule has 1 aromatic carbocycles. The summed E-state index contributed by atoms with van der Waals surface area (Å²) in [6.07, 6.45) is 3.64. The molecule has 0 unspecified atom stereocenters. The summed E-state index contributed by atoms with van der Waals surface area (Å²) in [6.45, 7) is 6.17. The fraction of sp³-hybridized carbons (Fsp3) is 0.500. The summed E-state index contributed by atoms with van der Waals surface area (Å²) in [4.78, 5) is 4.22. The zero-order valence-electron chi connectivity index (χ0n) is 12.7. The van der Waals surface area contributed by atoms with Gasteiger partial charge in [-0.3, -0.25) is 0 Å². The van der Waals surface area contributed by atoms with Gasteiger partial charge in [-0.15, -0.1) is 0 Å². The molecule has 0 saturated carbocycles. The summed E-state index contributed by atoms with van der Waals surface area (Å²) in [5, 5.41) is 7.59. The second-order valence-electron chi connectivity index (χ2n) is 4.97. The smallest absolute Gasteiger partial charge is 0.152 e. The molecule has 0 aliphatic carbocycles. The van der Waals surface area contributed by atoms with Crippen molar-refractivity contribution in [2.45, 2.75) is 39.5 Å². The van der Waals surface area contributed by atoms with Crippen LogP contribution in [0.5, 0.6) is 0 Å². The minimum absolute atomic E-state index is 0.540. The maximum Gasteiger partial charge on any atom is 0.152 e. The molecule has 2 rings (SSSR count). The number of rotatable bonds is 10. The van der Waals surface area contributed by atoms with Crippen LogP contribution < -0.4 is 5.32 Å². The monoisotopic (exact) mass is 288 g/mol. The molecule has 5 heteroatoms. The van der Waals surface area contributed by atoms with Crippen molar-refractivity contribution in [2.24, 2.45) is 0 Å². The molecule has 0 amide bonds. The van der Waals surface area contributed by atoms with Crippen molar-refractivity contribution in [1.29, 1.82) is 0 Å². The Morgan fingerprint density at radius 2 is 2.10 bits per heavy atom. The van der Waals surface area contributed by atoms with Gasteiger partial charge in [0, 0.05) is 19.7 Å². The number of ether oxygens (including phenoxy) is 1. The van der Waals surface area contributed by atoms with Gasteiger partial charge in [0.05, 0.1) is 0 Å². The predicted molar refractivity (Wildman–Crippen MR) is 82.7 cm³/mol. The van der Waals surface area contributed by atoms with E-state index in [1.165, 1.54) is 5.56 Å². The highest BCUT2D eigenvalue weighted by molar-refractivity contribution is 5.14. The van der Waals surface area contributed by atoms with E-state index in [2.05, 4.69) is 46.6 Å². The highest BCUT2D eigenvalue weighted by Crippen LogP contribution is 1.99. The van der Waals surface area contributed by atoms with Gasteiger partial charge in [0.2, 0.25) is 0 Å². The van der Waals surface area contributed by atoms with Crippen LogP contribution in [-0.2, 0) is 24.4 Å². The third-order valence-electron chi connectivity index (χ3n) is 3.18. The van der Waals surface area contributed by atoms with Crippen LogP contribution in [0.2, 0.25) is 0 Å². The Bertz CT molecular complexity index is 498. The predicted octanol–water partition coefficient (Wildman–Crippen LogP) is 2.38. The largest absolute Gasteiger partial charge is 0.373 e. The van der Waals surface area contributed by atoms with E-state index in [4.69, 9.17) is 4.74 Å². The molecule has 0 atom stereocenters. The number of aromatic nitrogens is 3. The summed E-state index contributed by atoms with van der Waals surface area (Å²) in [6, 6.07) is 10.4. The minimum atomic E-state index is 0.540. The first-order valence-corrected chi connectivity index (χ1v) is 7.59. The van der Waals surface area contributed by atoms with E-state index in [0.717, 1.165) is 44.9 Å². The van der Waals surface area contributed by atoms with Crippen LogP contribution >= 0.6 is 0 Å². The van der Waals surface area contributed by atoms with Gasteiger partial charge in [0.25, 0.3) is 0 Å². The first-order valence-electron chi connectivity index (χ1n) is 7.59. The Balaban J connectivity index is 1.53. The quantitative estimate of drug-likeness (QED) is 0.682. The molecule has 0 bridgehead atoms. The fourth-order valence-electron chi connectivity index (χ4n) is 2.09. The van der Waals surface area contributed by atoms with Gasteiger partial charge in [-0.1, -0.05) is 37.3 Å². The van der Waals surface area contributed by atoms with E-state index in [0.29, 0.717) is 6.61 Å². The van der Waals surface area contributed by atoms with Crippen LogP contribution in [0.25, 0.3) is 0 Å². The van der Waals surface area contributed by atoms with Crippen LogP contribution in [0.1, 0.15) is 31.2 Å². The maximum absolute atomic E-state index is 5.65. The topological polar surface area (TPSA) is 52.0 Å². The lowest BCUT2D eigenvalue weighted by Gasteiger charge is -2.07. The average molecular weight is 288 g/mol. The number of nitrogens with zero attached hydrogens (tertiary/aromatic N) is 3. The lowest BCUT2D eigenvalue weighted by atomic mass is 10.2. The Morgan fingerprint density at radius 1 is 1.24 bits per heavy atom. The van der Waals surface area contributed by atoms with Crippen molar-refractivity contribution in [1.82, 2.24) is 20.1 Å². The number of hydrogen-bond acceptors (Lipinski definition) is 4. The van der Waals surface area contributed by atoms with Crippen molar-refractivity contribution >= 4 is 0 Å². The average Bonchev–Trinajstić information content (AvgIpc) is 2.95. The molecule has 0 spiro atoms. The molecule has 0 saturated heterocycles. The van der Waals surface area contributed by atoms with Gasteiger partial charge in [0.15, 0.2) is 5.82 Å². The molecule has 21 heavy (non-hydrogen) atoms. The van der Waals surface area contributed by atoms with Crippen LogP contribution in [0.3, 0.4) is 0 Å². The first kappa shape index (κ1) is 15.7. The molecule has 5 nitrogen and oxygen atoms in total. The Hall–Kier alpha value is -1.72. The van der Waals surface area contributed by atoms with Crippen molar-refractivity contribution in [3.05, 3.63) is 48.0 Å². The third-order valence-corrected chi connectivity index (χ3v) is 3.18. The zero-order valence-corrected chi connectivity index (χ0v) is 12.7. The van der Waals surface area contributed by atoms with E-state index < -0.39 is 0 Å². The summed E-state index contributed by atoms with van der Waals surface area (Å²) in [5.41, 5.74) is 1.31. The van der Waals surface area contributed by atoms with Crippen molar-refractivity contribution in [3.63, 3.8) is 0 Å². The van der Waals surface area contributed by atoms with Gasteiger partial charge in [-0.25, -0.2) is 9.67 Å². The van der Waals surface area contributed by atoms with Gasteiger partial charge in [-0.05, 0) is 24.9 Å². The molecule has 1 aromatic heterocycles. The fourth-order valence-corrected chi connectivity index (χ4v) is 2.09. The molecule has 0 aliphatic heterocycles. The standard InChI is InChI=1S/C16H24N4O/c1-2-10-20-16(18-14-19-20)13-21-11-6-9-17-12-15-7-4-3-5-8-15/h3-5,7-8,14,17H,2,6,9-13H2,1H3. The van der Waals surface area contributed by atoms with Crippen LogP contribution in [0, 0.1) is 0 Å². The highest BCUT2D eigenvalue weighted by atomic mass is 16.5. The molecule has 0 fully saturated rings. The molecular formula is C16H24N4O.